The summed E-state index contributed by atoms with van der Waals surface area (Å²) in [5, 5.41) is 2.89. The number of fused-ring (bicyclic) bond motifs is 1. The number of nitrogens with one attached hydrogen (secondary N) is 1. The molecule has 2 amide bonds. The highest BCUT2D eigenvalue weighted by Crippen LogP contribution is 2.28. The average Bonchev–Trinajstić information content (AvgIpc) is 3.03. The number of methoxy groups -OCH3 is 1. The van der Waals surface area contributed by atoms with Gasteiger partial charge in [0.2, 0.25) is 11.8 Å². The van der Waals surface area contributed by atoms with E-state index in [4.69, 9.17) is 4.74 Å². The Bertz CT molecular complexity index is 789. The number of nitrogens with zero attached hydrogens (tertiary/aromatic N) is 2. The van der Waals surface area contributed by atoms with Gasteiger partial charge in [0, 0.05) is 43.5 Å². The zero-order chi connectivity index (χ0) is 17.1. The van der Waals surface area contributed by atoms with E-state index < -0.39 is 0 Å². The number of hydrogen-bond donors (Lipinski definition) is 1. The van der Waals surface area contributed by atoms with Gasteiger partial charge in [-0.2, -0.15) is 0 Å². The fourth-order valence-corrected chi connectivity index (χ4v) is 2.83. The van der Waals surface area contributed by atoms with E-state index in [0.717, 1.165) is 23.2 Å². The van der Waals surface area contributed by atoms with Gasteiger partial charge in [-0.3, -0.25) is 9.59 Å². The summed E-state index contributed by atoms with van der Waals surface area (Å²) >= 11 is 0. The molecule has 0 atom stereocenters. The van der Waals surface area contributed by atoms with Gasteiger partial charge in [-0.05, 0) is 41.8 Å². The standard InChI is InChI=1S/C18H19N3O3/c1-12(22)21-8-6-14-10-15(3-4-16(14)21)18(23)20-11-13-5-7-19-17(9-13)24-2/h3-5,7,9-10H,6,8,11H2,1-2H3,(H,20,23). The molecule has 0 saturated heterocycles. The number of hydrogen-bond acceptors (Lipinski definition) is 4. The molecular weight excluding hydrogens is 306 g/mol. The average molecular weight is 325 g/mol. The lowest BCUT2D eigenvalue weighted by Gasteiger charge is -2.14. The monoisotopic (exact) mass is 325 g/mol. The lowest BCUT2D eigenvalue weighted by molar-refractivity contribution is -0.116. The maximum Gasteiger partial charge on any atom is 0.251 e. The van der Waals surface area contributed by atoms with Crippen LogP contribution < -0.4 is 15.0 Å². The van der Waals surface area contributed by atoms with Gasteiger partial charge >= 0.3 is 0 Å². The van der Waals surface area contributed by atoms with E-state index >= 15 is 0 Å². The minimum atomic E-state index is -0.144. The second-order valence-electron chi connectivity index (χ2n) is 5.65. The van der Waals surface area contributed by atoms with Gasteiger partial charge in [-0.25, -0.2) is 4.98 Å². The molecule has 3 rings (SSSR count). The van der Waals surface area contributed by atoms with Gasteiger partial charge in [0.1, 0.15) is 0 Å². The van der Waals surface area contributed by atoms with Gasteiger partial charge in [0.05, 0.1) is 7.11 Å². The van der Waals surface area contributed by atoms with Crippen molar-refractivity contribution in [2.45, 2.75) is 19.9 Å². The van der Waals surface area contributed by atoms with E-state index in [0.29, 0.717) is 24.5 Å². The van der Waals surface area contributed by atoms with Gasteiger partial charge in [-0.15, -0.1) is 0 Å². The van der Waals surface area contributed by atoms with Crippen molar-refractivity contribution >= 4 is 17.5 Å². The molecule has 124 valence electrons. The summed E-state index contributed by atoms with van der Waals surface area (Å²) in [7, 11) is 1.56. The highest BCUT2D eigenvalue weighted by molar-refractivity contribution is 5.97. The van der Waals surface area contributed by atoms with Crippen molar-refractivity contribution in [2.24, 2.45) is 0 Å². The van der Waals surface area contributed by atoms with Crippen molar-refractivity contribution < 1.29 is 14.3 Å². The SMILES string of the molecule is COc1cc(CNC(=O)c2ccc3c(c2)CCN3C(C)=O)ccn1. The first-order valence-corrected chi connectivity index (χ1v) is 7.76. The molecule has 0 radical (unpaired) electrons. The number of aromatic nitrogens is 1. The van der Waals surface area contributed by atoms with Crippen LogP contribution in [0.4, 0.5) is 5.69 Å². The van der Waals surface area contributed by atoms with E-state index in [9.17, 15) is 9.59 Å². The zero-order valence-corrected chi connectivity index (χ0v) is 13.7. The second kappa shape index (κ2) is 6.70. The summed E-state index contributed by atoms with van der Waals surface area (Å²) < 4.78 is 5.07. The van der Waals surface area contributed by atoms with Gasteiger partial charge in [0.15, 0.2) is 0 Å². The minimum Gasteiger partial charge on any atom is -0.481 e. The van der Waals surface area contributed by atoms with E-state index in [1.165, 1.54) is 0 Å². The van der Waals surface area contributed by atoms with Crippen LogP contribution in [-0.2, 0) is 17.8 Å². The van der Waals surface area contributed by atoms with Crippen LogP contribution in [0.15, 0.2) is 36.5 Å². The molecular formula is C18H19N3O3. The van der Waals surface area contributed by atoms with Crippen LogP contribution >= 0.6 is 0 Å². The molecule has 1 aromatic carbocycles. The fourth-order valence-electron chi connectivity index (χ4n) is 2.83. The molecule has 24 heavy (non-hydrogen) atoms. The van der Waals surface area contributed by atoms with Crippen LogP contribution in [0.5, 0.6) is 5.88 Å². The maximum atomic E-state index is 12.3. The van der Waals surface area contributed by atoms with Crippen LogP contribution in [0.3, 0.4) is 0 Å². The topological polar surface area (TPSA) is 71.5 Å². The molecule has 1 aliphatic rings. The minimum absolute atomic E-state index is 0.0255. The van der Waals surface area contributed by atoms with Crippen molar-refractivity contribution in [3.05, 3.63) is 53.2 Å². The summed E-state index contributed by atoms with van der Waals surface area (Å²) in [6, 6.07) is 9.07. The van der Waals surface area contributed by atoms with Crippen LogP contribution in [0.25, 0.3) is 0 Å². The third-order valence-electron chi connectivity index (χ3n) is 4.08. The first-order chi connectivity index (χ1) is 11.6. The quantitative estimate of drug-likeness (QED) is 0.932. The molecule has 0 spiro atoms. The molecule has 1 aromatic heterocycles. The van der Waals surface area contributed by atoms with Crippen molar-refractivity contribution in [1.82, 2.24) is 10.3 Å². The molecule has 0 unspecified atom stereocenters. The Balaban J connectivity index is 1.69. The second-order valence-corrected chi connectivity index (χ2v) is 5.65. The third-order valence-corrected chi connectivity index (χ3v) is 4.08. The third kappa shape index (κ3) is 3.22. The van der Waals surface area contributed by atoms with Crippen molar-refractivity contribution in [1.29, 1.82) is 0 Å². The van der Waals surface area contributed by atoms with Crippen LogP contribution in [0, 0.1) is 0 Å². The number of pyridine rings is 1. The summed E-state index contributed by atoms with van der Waals surface area (Å²) in [5.74, 6) is 0.399. The molecule has 1 aliphatic heterocycles. The highest BCUT2D eigenvalue weighted by atomic mass is 16.5. The summed E-state index contributed by atoms with van der Waals surface area (Å²) in [6.07, 6.45) is 2.42. The normalized spacial score (nSPS) is 12.7. The maximum absolute atomic E-state index is 12.3. The lowest BCUT2D eigenvalue weighted by Crippen LogP contribution is -2.26. The van der Waals surface area contributed by atoms with E-state index in [1.807, 2.05) is 18.2 Å². The summed E-state index contributed by atoms with van der Waals surface area (Å²) in [5.41, 5.74) is 3.45. The largest absolute Gasteiger partial charge is 0.481 e. The lowest BCUT2D eigenvalue weighted by atomic mass is 10.1. The van der Waals surface area contributed by atoms with Gasteiger partial charge in [0.25, 0.3) is 5.91 Å². The predicted molar refractivity (Wildman–Crippen MR) is 90.1 cm³/mol. The van der Waals surface area contributed by atoms with E-state index in [-0.39, 0.29) is 11.8 Å². The smallest absolute Gasteiger partial charge is 0.251 e. The molecule has 2 aromatic rings. The molecule has 1 N–H and O–H groups in total. The molecule has 0 bridgehead atoms. The van der Waals surface area contributed by atoms with Crippen molar-refractivity contribution in [2.75, 3.05) is 18.6 Å². The number of rotatable bonds is 4. The molecule has 0 saturated carbocycles. The number of anilines is 1. The number of carbonyl (C=O) groups excluding carboxylic acids is 2. The molecule has 6 nitrogen and oxygen atoms in total. The Morgan fingerprint density at radius 1 is 1.29 bits per heavy atom. The van der Waals surface area contributed by atoms with Crippen LogP contribution in [-0.4, -0.2) is 30.5 Å². The van der Waals surface area contributed by atoms with Crippen molar-refractivity contribution in [3.63, 3.8) is 0 Å². The van der Waals surface area contributed by atoms with Crippen molar-refractivity contribution in [3.8, 4) is 5.88 Å². The molecule has 0 aliphatic carbocycles. The molecule has 0 fully saturated rings. The Morgan fingerprint density at radius 2 is 2.12 bits per heavy atom. The van der Waals surface area contributed by atoms with E-state index in [1.54, 1.807) is 37.3 Å². The Kier molecular flexibility index (Phi) is 4.46. The predicted octanol–water partition coefficient (Wildman–Crippen LogP) is 1.93. The Labute approximate surface area is 140 Å². The van der Waals surface area contributed by atoms with Crippen LogP contribution in [0.1, 0.15) is 28.4 Å². The summed E-state index contributed by atoms with van der Waals surface area (Å²) in [4.78, 5) is 29.7. The van der Waals surface area contributed by atoms with Gasteiger partial charge < -0.3 is 15.0 Å². The Morgan fingerprint density at radius 3 is 2.88 bits per heavy atom. The number of amides is 2. The summed E-state index contributed by atoms with van der Waals surface area (Å²) in [6.45, 7) is 2.62. The highest BCUT2D eigenvalue weighted by Gasteiger charge is 2.23. The van der Waals surface area contributed by atoms with E-state index in [2.05, 4.69) is 10.3 Å². The number of ether oxygens (including phenoxy) is 1. The zero-order valence-electron chi connectivity index (χ0n) is 13.7. The van der Waals surface area contributed by atoms with Gasteiger partial charge in [-0.1, -0.05) is 0 Å². The number of benzene rings is 1. The fraction of sp³-hybridized carbons (Fsp3) is 0.278. The molecule has 2 heterocycles. The first-order valence-electron chi connectivity index (χ1n) is 7.76. The number of carbonyl (C=O) groups is 2. The van der Waals surface area contributed by atoms with Crippen LogP contribution in [0.2, 0.25) is 0 Å². The molecule has 6 heteroatoms. The first kappa shape index (κ1) is 16.0. The Hall–Kier alpha value is -2.89.